The van der Waals surface area contributed by atoms with Gasteiger partial charge < -0.3 is 25.0 Å². The predicted octanol–water partition coefficient (Wildman–Crippen LogP) is 2.25. The molecule has 6 heteroatoms. The zero-order valence-corrected chi connectivity index (χ0v) is 17.0. The van der Waals surface area contributed by atoms with Gasteiger partial charge in [-0.1, -0.05) is 13.3 Å². The summed E-state index contributed by atoms with van der Waals surface area (Å²) in [5.74, 6) is 1.56. The van der Waals surface area contributed by atoms with E-state index in [0.717, 1.165) is 58.3 Å². The van der Waals surface area contributed by atoms with Gasteiger partial charge >= 0.3 is 0 Å². The first-order valence-electron chi connectivity index (χ1n) is 10.7. The second kappa shape index (κ2) is 13.3. The van der Waals surface area contributed by atoms with Crippen LogP contribution < -0.4 is 10.6 Å². The Kier molecular flexibility index (Phi) is 11.0. The van der Waals surface area contributed by atoms with Crippen LogP contribution in [0.2, 0.25) is 0 Å². The smallest absolute Gasteiger partial charge is 0.191 e. The average Bonchev–Trinajstić information content (AvgIpc) is 3.17. The molecule has 0 saturated carbocycles. The van der Waals surface area contributed by atoms with Crippen LogP contribution in [0.15, 0.2) is 4.99 Å². The van der Waals surface area contributed by atoms with Gasteiger partial charge in [0.1, 0.15) is 0 Å². The number of nitrogens with one attached hydrogen (secondary N) is 2. The molecule has 1 atom stereocenters. The zero-order chi connectivity index (χ0) is 18.5. The van der Waals surface area contributed by atoms with Gasteiger partial charge in [-0.2, -0.15) is 0 Å². The standard InChI is InChI=1S/C20H40N4O2/c1-3-5-11-24-12-7-19(8-13-24)23-20(21-4-2)22-10-6-14-25-16-18-9-15-26-17-18/h18-19H,3-17H2,1-2H3,(H2,21,22,23). The van der Waals surface area contributed by atoms with Gasteiger partial charge in [-0.05, 0) is 45.6 Å². The van der Waals surface area contributed by atoms with Crippen LogP contribution in [0.3, 0.4) is 0 Å². The van der Waals surface area contributed by atoms with Gasteiger partial charge in [0, 0.05) is 51.4 Å². The van der Waals surface area contributed by atoms with Crippen molar-refractivity contribution in [2.75, 3.05) is 59.2 Å². The molecule has 0 aromatic heterocycles. The van der Waals surface area contributed by atoms with Crippen molar-refractivity contribution in [2.24, 2.45) is 10.9 Å². The van der Waals surface area contributed by atoms with Crippen LogP contribution in [-0.2, 0) is 9.47 Å². The van der Waals surface area contributed by atoms with Crippen molar-refractivity contribution in [3.63, 3.8) is 0 Å². The SMILES string of the molecule is CCCCN1CCC(NC(=NCCCOCC2CCOC2)NCC)CC1. The molecule has 26 heavy (non-hydrogen) atoms. The third-order valence-corrected chi connectivity index (χ3v) is 5.19. The highest BCUT2D eigenvalue weighted by Crippen LogP contribution is 2.12. The first kappa shape index (κ1) is 21.5. The van der Waals surface area contributed by atoms with E-state index in [2.05, 4.69) is 29.4 Å². The number of aliphatic imine (C=N–C) groups is 1. The molecule has 6 nitrogen and oxygen atoms in total. The van der Waals surface area contributed by atoms with Gasteiger partial charge in [0.15, 0.2) is 5.96 Å². The van der Waals surface area contributed by atoms with E-state index >= 15 is 0 Å². The third-order valence-electron chi connectivity index (χ3n) is 5.19. The molecule has 152 valence electrons. The van der Waals surface area contributed by atoms with Gasteiger partial charge in [-0.25, -0.2) is 0 Å². The van der Waals surface area contributed by atoms with Gasteiger partial charge in [0.2, 0.25) is 0 Å². The van der Waals surface area contributed by atoms with Gasteiger partial charge in [0.25, 0.3) is 0 Å². The summed E-state index contributed by atoms with van der Waals surface area (Å²) in [6.45, 7) is 13.1. The summed E-state index contributed by atoms with van der Waals surface area (Å²) in [6.07, 6.45) is 7.14. The summed E-state index contributed by atoms with van der Waals surface area (Å²) >= 11 is 0. The van der Waals surface area contributed by atoms with Crippen molar-refractivity contribution in [1.82, 2.24) is 15.5 Å². The Bertz CT molecular complexity index is 378. The number of ether oxygens (including phenoxy) is 2. The van der Waals surface area contributed by atoms with Crippen LogP contribution in [0.1, 0.15) is 52.4 Å². The van der Waals surface area contributed by atoms with Crippen molar-refractivity contribution in [2.45, 2.75) is 58.4 Å². The van der Waals surface area contributed by atoms with E-state index in [4.69, 9.17) is 14.5 Å². The third kappa shape index (κ3) is 8.69. The Morgan fingerprint density at radius 3 is 2.73 bits per heavy atom. The monoisotopic (exact) mass is 368 g/mol. The quantitative estimate of drug-likeness (QED) is 0.333. The van der Waals surface area contributed by atoms with Crippen LogP contribution in [0.5, 0.6) is 0 Å². The Morgan fingerprint density at radius 2 is 2.04 bits per heavy atom. The minimum atomic E-state index is 0.546. The number of nitrogens with zero attached hydrogens (tertiary/aromatic N) is 2. The predicted molar refractivity (Wildman–Crippen MR) is 108 cm³/mol. The van der Waals surface area contributed by atoms with Crippen LogP contribution >= 0.6 is 0 Å². The van der Waals surface area contributed by atoms with Crippen LogP contribution in [-0.4, -0.2) is 76.1 Å². The van der Waals surface area contributed by atoms with Crippen molar-refractivity contribution < 1.29 is 9.47 Å². The van der Waals surface area contributed by atoms with Crippen molar-refractivity contribution in [3.05, 3.63) is 0 Å². The lowest BCUT2D eigenvalue weighted by atomic mass is 10.0. The lowest BCUT2D eigenvalue weighted by Gasteiger charge is -2.33. The molecular weight excluding hydrogens is 328 g/mol. The largest absolute Gasteiger partial charge is 0.381 e. The maximum absolute atomic E-state index is 5.76. The molecule has 0 bridgehead atoms. The minimum Gasteiger partial charge on any atom is -0.381 e. The van der Waals surface area contributed by atoms with Crippen LogP contribution in [0, 0.1) is 5.92 Å². The highest BCUT2D eigenvalue weighted by Gasteiger charge is 2.19. The summed E-state index contributed by atoms with van der Waals surface area (Å²) in [5.41, 5.74) is 0. The number of hydrogen-bond donors (Lipinski definition) is 2. The van der Waals surface area contributed by atoms with E-state index in [1.54, 1.807) is 0 Å². The Balaban J connectivity index is 1.58. The van der Waals surface area contributed by atoms with Crippen molar-refractivity contribution in [1.29, 1.82) is 0 Å². The molecule has 0 radical (unpaired) electrons. The molecule has 0 aromatic carbocycles. The molecule has 0 amide bonds. The van der Waals surface area contributed by atoms with Gasteiger partial charge in [0.05, 0.1) is 13.2 Å². The molecule has 0 spiro atoms. The fraction of sp³-hybridized carbons (Fsp3) is 0.950. The molecule has 2 fully saturated rings. The normalized spacial score (nSPS) is 22.7. The zero-order valence-electron chi connectivity index (χ0n) is 17.0. The van der Waals surface area contributed by atoms with Gasteiger partial charge in [-0.15, -0.1) is 0 Å². The number of piperidine rings is 1. The lowest BCUT2D eigenvalue weighted by molar-refractivity contribution is 0.0893. The number of hydrogen-bond acceptors (Lipinski definition) is 4. The molecule has 2 saturated heterocycles. The van der Waals surface area contributed by atoms with Crippen LogP contribution in [0.25, 0.3) is 0 Å². The highest BCUT2D eigenvalue weighted by atomic mass is 16.5. The highest BCUT2D eigenvalue weighted by molar-refractivity contribution is 5.80. The molecule has 2 aliphatic heterocycles. The Labute approximate surface area is 160 Å². The number of likely N-dealkylation sites (tertiary alicyclic amines) is 1. The molecule has 2 aliphatic rings. The number of unbranched alkanes of at least 4 members (excludes halogenated alkanes) is 1. The first-order valence-corrected chi connectivity index (χ1v) is 10.7. The Morgan fingerprint density at radius 1 is 1.19 bits per heavy atom. The van der Waals surface area contributed by atoms with E-state index in [-0.39, 0.29) is 0 Å². The topological polar surface area (TPSA) is 58.1 Å². The summed E-state index contributed by atoms with van der Waals surface area (Å²) < 4.78 is 11.1. The molecule has 0 aliphatic carbocycles. The average molecular weight is 369 g/mol. The molecule has 2 N–H and O–H groups in total. The first-order chi connectivity index (χ1) is 12.8. The molecule has 2 rings (SSSR count). The summed E-state index contributed by atoms with van der Waals surface area (Å²) in [7, 11) is 0. The van der Waals surface area contributed by atoms with E-state index in [0.29, 0.717) is 12.0 Å². The Hall–Kier alpha value is -0.850. The minimum absolute atomic E-state index is 0.546. The maximum Gasteiger partial charge on any atom is 0.191 e. The van der Waals surface area contributed by atoms with Gasteiger partial charge in [-0.3, -0.25) is 4.99 Å². The maximum atomic E-state index is 5.76. The lowest BCUT2D eigenvalue weighted by Crippen LogP contribution is -2.48. The van der Waals surface area contributed by atoms with E-state index < -0.39 is 0 Å². The molecule has 2 heterocycles. The summed E-state index contributed by atoms with van der Waals surface area (Å²) in [4.78, 5) is 7.32. The molecular formula is C20H40N4O2. The van der Waals surface area contributed by atoms with E-state index in [1.165, 1.54) is 45.3 Å². The van der Waals surface area contributed by atoms with Crippen molar-refractivity contribution in [3.8, 4) is 0 Å². The summed E-state index contributed by atoms with van der Waals surface area (Å²) in [5, 5.41) is 7.00. The number of rotatable bonds is 11. The second-order valence-electron chi connectivity index (χ2n) is 7.53. The van der Waals surface area contributed by atoms with Crippen molar-refractivity contribution >= 4 is 5.96 Å². The fourth-order valence-electron chi connectivity index (χ4n) is 3.52. The molecule has 1 unspecified atom stereocenters. The second-order valence-corrected chi connectivity index (χ2v) is 7.53. The fourth-order valence-corrected chi connectivity index (χ4v) is 3.52. The molecule has 0 aromatic rings. The van der Waals surface area contributed by atoms with E-state index in [1.807, 2.05) is 0 Å². The number of guanidine groups is 1. The summed E-state index contributed by atoms with van der Waals surface area (Å²) in [6, 6.07) is 0.546. The van der Waals surface area contributed by atoms with E-state index in [9.17, 15) is 0 Å². The van der Waals surface area contributed by atoms with Crippen LogP contribution in [0.4, 0.5) is 0 Å².